The maximum Gasteiger partial charge on any atom is 0.306 e. The summed E-state index contributed by atoms with van der Waals surface area (Å²) in [6, 6.07) is 9.91. The summed E-state index contributed by atoms with van der Waals surface area (Å²) in [7, 11) is 0. The molecule has 0 aliphatic heterocycles. The molecule has 0 aromatic heterocycles. The summed E-state index contributed by atoms with van der Waals surface area (Å²) in [5.41, 5.74) is 1.05. The van der Waals surface area contributed by atoms with E-state index in [0.717, 1.165) is 63.4 Å². The van der Waals surface area contributed by atoms with E-state index in [1.165, 1.54) is 96.3 Å². The highest BCUT2D eigenvalue weighted by atomic mass is 16.6. The summed E-state index contributed by atoms with van der Waals surface area (Å²) in [6.45, 7) is 5.16. The molecule has 1 aromatic rings. The molecule has 1 rings (SSSR count). The van der Waals surface area contributed by atoms with Gasteiger partial charge in [0.05, 0.1) is 13.2 Å². The number of carbonyl (C=O) groups excluding carboxylic acids is 2. The largest absolute Gasteiger partial charge is 0.462 e. The number of rotatable bonds is 36. The van der Waals surface area contributed by atoms with Gasteiger partial charge < -0.3 is 14.2 Å². The first kappa shape index (κ1) is 46.4. The minimum atomic E-state index is -0.600. The van der Waals surface area contributed by atoms with E-state index in [2.05, 4.69) is 50.3 Å². The number of unbranched alkanes of at least 4 members (excludes halogenated alkanes) is 19. The molecule has 51 heavy (non-hydrogen) atoms. The van der Waals surface area contributed by atoms with Crippen molar-refractivity contribution in [2.45, 2.75) is 193 Å². The molecule has 0 heterocycles. The van der Waals surface area contributed by atoms with Crippen molar-refractivity contribution in [2.24, 2.45) is 0 Å². The molecule has 0 amide bonds. The van der Waals surface area contributed by atoms with Gasteiger partial charge in [0.15, 0.2) is 6.10 Å². The van der Waals surface area contributed by atoms with E-state index in [1.54, 1.807) is 0 Å². The number of carbonyl (C=O) groups is 2. The molecule has 5 nitrogen and oxygen atoms in total. The summed E-state index contributed by atoms with van der Waals surface area (Å²) >= 11 is 0. The maximum atomic E-state index is 12.7. The van der Waals surface area contributed by atoms with Crippen LogP contribution in [0.2, 0.25) is 0 Å². The number of hydrogen-bond donors (Lipinski definition) is 0. The maximum absolute atomic E-state index is 12.7. The lowest BCUT2D eigenvalue weighted by Gasteiger charge is -2.18. The first-order valence-corrected chi connectivity index (χ1v) is 21.1. The Balaban J connectivity index is 2.19. The molecule has 290 valence electrons. The second-order valence-electron chi connectivity index (χ2n) is 14.1. The van der Waals surface area contributed by atoms with Gasteiger partial charge in [-0.3, -0.25) is 9.59 Å². The normalized spacial score (nSPS) is 12.4. The Morgan fingerprint density at radius 2 is 0.980 bits per heavy atom. The van der Waals surface area contributed by atoms with Gasteiger partial charge in [0, 0.05) is 12.8 Å². The monoisotopic (exact) mass is 709 g/mol. The van der Waals surface area contributed by atoms with Gasteiger partial charge in [-0.1, -0.05) is 164 Å². The van der Waals surface area contributed by atoms with Crippen LogP contribution in [0.3, 0.4) is 0 Å². The van der Waals surface area contributed by atoms with Gasteiger partial charge in [0.25, 0.3) is 0 Å². The molecule has 5 heteroatoms. The molecular weight excluding hydrogens is 633 g/mol. The topological polar surface area (TPSA) is 61.8 Å². The smallest absolute Gasteiger partial charge is 0.306 e. The number of hydrogen-bond acceptors (Lipinski definition) is 5. The van der Waals surface area contributed by atoms with Gasteiger partial charge in [-0.2, -0.15) is 0 Å². The third kappa shape index (κ3) is 33.0. The lowest BCUT2D eigenvalue weighted by molar-refractivity contribution is -0.163. The van der Waals surface area contributed by atoms with Crippen LogP contribution >= 0.6 is 0 Å². The van der Waals surface area contributed by atoms with E-state index in [0.29, 0.717) is 19.4 Å². The standard InChI is InChI=1S/C46H76O5/c1-3-5-7-9-11-13-15-17-19-21-23-25-27-29-34-38-45(47)50-42-44(41-49-40-43-36-32-31-33-37-43)51-46(48)39-35-30-28-26-24-22-20-18-16-14-12-10-8-6-4-2/h12,14,17-20,31-33,36-37,44H,3-11,13,15-16,21-30,34-35,38-42H2,1-2H3/b14-12-,19-17-,20-18-/t44-/m1/s1. The van der Waals surface area contributed by atoms with Crippen molar-refractivity contribution in [1.29, 1.82) is 0 Å². The van der Waals surface area contributed by atoms with Crippen LogP contribution < -0.4 is 0 Å². The Kier molecular flexibility index (Phi) is 33.7. The zero-order valence-electron chi connectivity index (χ0n) is 33.0. The molecule has 0 spiro atoms. The van der Waals surface area contributed by atoms with E-state index in [9.17, 15) is 9.59 Å². The van der Waals surface area contributed by atoms with Crippen molar-refractivity contribution in [3.63, 3.8) is 0 Å². The van der Waals surface area contributed by atoms with Crippen LogP contribution in [-0.2, 0) is 30.4 Å². The van der Waals surface area contributed by atoms with Crippen LogP contribution in [0.5, 0.6) is 0 Å². The Labute approximate surface area is 314 Å². The van der Waals surface area contributed by atoms with E-state index in [4.69, 9.17) is 14.2 Å². The van der Waals surface area contributed by atoms with E-state index in [-0.39, 0.29) is 25.2 Å². The Morgan fingerprint density at radius 3 is 1.55 bits per heavy atom. The lowest BCUT2D eigenvalue weighted by Crippen LogP contribution is -2.29. The quantitative estimate of drug-likeness (QED) is 0.0394. The van der Waals surface area contributed by atoms with Crippen molar-refractivity contribution in [3.05, 3.63) is 72.4 Å². The third-order valence-corrected chi connectivity index (χ3v) is 9.12. The summed E-state index contributed by atoms with van der Waals surface area (Å²) in [4.78, 5) is 25.1. The summed E-state index contributed by atoms with van der Waals surface area (Å²) in [6.07, 6.45) is 42.4. The zero-order chi connectivity index (χ0) is 36.7. The van der Waals surface area contributed by atoms with Crippen molar-refractivity contribution in [2.75, 3.05) is 13.2 Å². The van der Waals surface area contributed by atoms with Gasteiger partial charge in [-0.15, -0.1) is 0 Å². The molecule has 0 bridgehead atoms. The molecular formula is C46H76O5. The van der Waals surface area contributed by atoms with Gasteiger partial charge in [-0.05, 0) is 76.2 Å². The van der Waals surface area contributed by atoms with Crippen molar-refractivity contribution >= 4 is 11.9 Å². The Bertz CT molecular complexity index is 998. The lowest BCUT2D eigenvalue weighted by atomic mass is 10.1. The zero-order valence-corrected chi connectivity index (χ0v) is 33.0. The molecule has 1 aromatic carbocycles. The fourth-order valence-corrected chi connectivity index (χ4v) is 5.92. The molecule has 1 atom stereocenters. The summed E-state index contributed by atoms with van der Waals surface area (Å²) in [5.74, 6) is -0.479. The third-order valence-electron chi connectivity index (χ3n) is 9.12. The number of esters is 2. The van der Waals surface area contributed by atoms with Crippen molar-refractivity contribution in [1.82, 2.24) is 0 Å². The van der Waals surface area contributed by atoms with Crippen molar-refractivity contribution in [3.8, 4) is 0 Å². The SMILES string of the molecule is CCCCC/C=C\C/C=C\CCCCCCCC(=O)O[C@H](COCc1ccccc1)COC(=O)CCCCCCC/C=C\CCCCCCCC. The van der Waals surface area contributed by atoms with Crippen LogP contribution in [0.1, 0.15) is 186 Å². The minimum Gasteiger partial charge on any atom is -0.462 e. The molecule has 0 fully saturated rings. The second-order valence-corrected chi connectivity index (χ2v) is 14.1. The number of allylic oxidation sites excluding steroid dienone is 6. The first-order valence-electron chi connectivity index (χ1n) is 21.1. The summed E-state index contributed by atoms with van der Waals surface area (Å²) in [5, 5.41) is 0. The van der Waals surface area contributed by atoms with E-state index >= 15 is 0 Å². The van der Waals surface area contributed by atoms with Gasteiger partial charge in [0.1, 0.15) is 6.61 Å². The summed E-state index contributed by atoms with van der Waals surface area (Å²) < 4.78 is 17.1. The highest BCUT2D eigenvalue weighted by Crippen LogP contribution is 2.13. The fourth-order valence-electron chi connectivity index (χ4n) is 5.92. The van der Waals surface area contributed by atoms with Gasteiger partial charge >= 0.3 is 11.9 Å². The Morgan fingerprint density at radius 1 is 0.529 bits per heavy atom. The average Bonchev–Trinajstić information content (AvgIpc) is 3.14. The van der Waals surface area contributed by atoms with Crippen LogP contribution in [0, 0.1) is 0 Å². The molecule has 0 unspecified atom stereocenters. The molecule has 0 N–H and O–H groups in total. The van der Waals surface area contributed by atoms with Crippen molar-refractivity contribution < 1.29 is 23.8 Å². The fraction of sp³-hybridized carbons (Fsp3) is 0.696. The van der Waals surface area contributed by atoms with Crippen LogP contribution in [-0.4, -0.2) is 31.3 Å². The van der Waals surface area contributed by atoms with Crippen LogP contribution in [0.15, 0.2) is 66.8 Å². The molecule has 0 saturated heterocycles. The van der Waals surface area contributed by atoms with Gasteiger partial charge in [0.2, 0.25) is 0 Å². The number of ether oxygens (including phenoxy) is 3. The first-order chi connectivity index (χ1) is 25.2. The minimum absolute atomic E-state index is 0.0343. The number of benzene rings is 1. The van der Waals surface area contributed by atoms with Crippen LogP contribution in [0.4, 0.5) is 0 Å². The highest BCUT2D eigenvalue weighted by Gasteiger charge is 2.17. The Hall–Kier alpha value is -2.66. The molecule has 0 aliphatic carbocycles. The average molecular weight is 709 g/mol. The molecule has 0 aliphatic rings. The van der Waals surface area contributed by atoms with Gasteiger partial charge in [-0.25, -0.2) is 0 Å². The molecule has 0 radical (unpaired) electrons. The van der Waals surface area contributed by atoms with E-state index < -0.39 is 6.10 Å². The predicted octanol–water partition coefficient (Wildman–Crippen LogP) is 13.5. The predicted molar refractivity (Wildman–Crippen MR) is 216 cm³/mol. The second kappa shape index (κ2) is 37.1. The molecule has 0 saturated carbocycles. The van der Waals surface area contributed by atoms with Crippen LogP contribution in [0.25, 0.3) is 0 Å². The van der Waals surface area contributed by atoms with E-state index in [1.807, 2.05) is 30.3 Å². The highest BCUT2D eigenvalue weighted by molar-refractivity contribution is 5.70.